The molecule has 0 aliphatic heterocycles. The fraction of sp³-hybridized carbons (Fsp3) is 0.389. The lowest BCUT2D eigenvalue weighted by Crippen LogP contribution is -2.40. The summed E-state index contributed by atoms with van der Waals surface area (Å²) in [7, 11) is -2.99. The van der Waals surface area contributed by atoms with E-state index in [1.807, 2.05) is 30.3 Å². The van der Waals surface area contributed by atoms with Crippen LogP contribution in [-0.2, 0) is 32.1 Å². The lowest BCUT2D eigenvalue weighted by molar-refractivity contribution is -0.112. The van der Waals surface area contributed by atoms with Crippen molar-refractivity contribution in [2.24, 2.45) is 5.14 Å². The zero-order chi connectivity index (χ0) is 21.7. The van der Waals surface area contributed by atoms with Gasteiger partial charge in [0, 0.05) is 7.11 Å². The summed E-state index contributed by atoms with van der Waals surface area (Å²) in [6.45, 7) is -0.572. The van der Waals surface area contributed by atoms with Crippen LogP contribution in [0.15, 0.2) is 43.0 Å². The van der Waals surface area contributed by atoms with Crippen LogP contribution in [-0.4, -0.2) is 64.1 Å². The van der Waals surface area contributed by atoms with Crippen LogP contribution in [0.3, 0.4) is 0 Å². The number of aryl methyl sites for hydroxylation is 2. The fourth-order valence-corrected chi connectivity index (χ4v) is 3.33. The Kier molecular flexibility index (Phi) is 7.07. The highest BCUT2D eigenvalue weighted by Crippen LogP contribution is 2.21. The predicted octanol–water partition coefficient (Wildman–Crippen LogP) is -0.302. The second-order valence-electron chi connectivity index (χ2n) is 6.59. The first-order chi connectivity index (χ1) is 14.3. The molecule has 12 heteroatoms. The van der Waals surface area contributed by atoms with Crippen molar-refractivity contribution in [3.05, 3.63) is 54.2 Å². The van der Waals surface area contributed by atoms with Gasteiger partial charge in [-0.3, -0.25) is 8.75 Å². The average molecular weight is 437 g/mol. The van der Waals surface area contributed by atoms with Crippen molar-refractivity contribution in [1.29, 1.82) is 0 Å². The van der Waals surface area contributed by atoms with E-state index in [0.717, 1.165) is 12.0 Å². The molecule has 162 valence electrons. The van der Waals surface area contributed by atoms with Crippen molar-refractivity contribution in [3.8, 4) is 0 Å². The highest BCUT2D eigenvalue weighted by Gasteiger charge is 2.30. The summed E-state index contributed by atoms with van der Waals surface area (Å²) in [4.78, 5) is 12.7. The molecule has 3 atom stereocenters. The highest BCUT2D eigenvalue weighted by atomic mass is 32.2. The number of rotatable bonds is 10. The summed E-state index contributed by atoms with van der Waals surface area (Å²) in [6, 6.07) is 9.91. The van der Waals surface area contributed by atoms with E-state index in [1.54, 1.807) is 0 Å². The van der Waals surface area contributed by atoms with Crippen LogP contribution in [0.25, 0.3) is 11.2 Å². The van der Waals surface area contributed by atoms with Crippen molar-refractivity contribution >= 4 is 21.5 Å². The molecule has 0 aliphatic rings. The van der Waals surface area contributed by atoms with Gasteiger partial charge < -0.3 is 14.9 Å². The molecule has 4 N–H and O–H groups in total. The molecule has 0 saturated heterocycles. The first-order valence-corrected chi connectivity index (χ1v) is 10.5. The lowest BCUT2D eigenvalue weighted by atomic mass is 10.1. The van der Waals surface area contributed by atoms with E-state index >= 15 is 0 Å². The second kappa shape index (κ2) is 9.55. The molecule has 0 saturated carbocycles. The van der Waals surface area contributed by atoms with Crippen molar-refractivity contribution < 1.29 is 27.6 Å². The zero-order valence-electron chi connectivity index (χ0n) is 16.2. The maximum atomic E-state index is 11.0. The van der Waals surface area contributed by atoms with Crippen molar-refractivity contribution in [2.45, 2.75) is 31.3 Å². The van der Waals surface area contributed by atoms with Crippen LogP contribution in [0.5, 0.6) is 0 Å². The monoisotopic (exact) mass is 437 g/mol. The summed E-state index contributed by atoms with van der Waals surface area (Å²) in [6.07, 6.45) is -0.193. The van der Waals surface area contributed by atoms with Gasteiger partial charge in [-0.25, -0.2) is 20.1 Å². The minimum absolute atomic E-state index is 0.321. The number of nitrogens with two attached hydrogens (primary N) is 1. The zero-order valence-corrected chi connectivity index (χ0v) is 17.0. The van der Waals surface area contributed by atoms with E-state index < -0.39 is 35.3 Å². The molecule has 3 rings (SSSR count). The van der Waals surface area contributed by atoms with Gasteiger partial charge in [0.25, 0.3) is 0 Å². The SMILES string of the molecule is CO[C@H](COS(N)(=O)=O)[C@@H](O)[C@@H](O)n1cnc2c(CCc3ccccc3)ncnc21. The average Bonchev–Trinajstić information content (AvgIpc) is 3.16. The van der Waals surface area contributed by atoms with Crippen LogP contribution in [0, 0.1) is 0 Å². The van der Waals surface area contributed by atoms with E-state index in [0.29, 0.717) is 23.3 Å². The Morgan fingerprint density at radius 2 is 1.87 bits per heavy atom. The van der Waals surface area contributed by atoms with Gasteiger partial charge >= 0.3 is 10.3 Å². The van der Waals surface area contributed by atoms with Gasteiger partial charge in [-0.05, 0) is 18.4 Å². The Balaban J connectivity index is 1.78. The topological polar surface area (TPSA) is 163 Å². The van der Waals surface area contributed by atoms with Gasteiger partial charge in [-0.1, -0.05) is 30.3 Å². The Hall–Kier alpha value is -2.48. The van der Waals surface area contributed by atoms with Gasteiger partial charge in [-0.2, -0.15) is 8.42 Å². The lowest BCUT2D eigenvalue weighted by Gasteiger charge is -2.25. The van der Waals surface area contributed by atoms with E-state index in [2.05, 4.69) is 19.1 Å². The minimum Gasteiger partial charge on any atom is -0.386 e. The Morgan fingerprint density at radius 1 is 1.13 bits per heavy atom. The molecule has 2 heterocycles. The third-order valence-corrected chi connectivity index (χ3v) is 5.06. The molecule has 0 unspecified atom stereocenters. The number of hydrogen-bond donors (Lipinski definition) is 3. The molecule has 0 bridgehead atoms. The van der Waals surface area contributed by atoms with Gasteiger partial charge in [-0.15, -0.1) is 0 Å². The maximum Gasteiger partial charge on any atom is 0.333 e. The van der Waals surface area contributed by atoms with Crippen LogP contribution < -0.4 is 5.14 Å². The van der Waals surface area contributed by atoms with E-state index in [-0.39, 0.29) is 0 Å². The number of fused-ring (bicyclic) bond motifs is 1. The summed E-state index contributed by atoms with van der Waals surface area (Å²) < 4.78 is 32.7. The number of nitrogens with zero attached hydrogens (tertiary/aromatic N) is 4. The van der Waals surface area contributed by atoms with Crippen LogP contribution in [0.2, 0.25) is 0 Å². The normalized spacial score (nSPS) is 15.2. The smallest absolute Gasteiger partial charge is 0.333 e. The van der Waals surface area contributed by atoms with Gasteiger partial charge in [0.15, 0.2) is 11.9 Å². The molecule has 0 amide bonds. The molecule has 0 radical (unpaired) electrons. The van der Waals surface area contributed by atoms with E-state index in [9.17, 15) is 18.6 Å². The Bertz CT molecular complexity index is 1080. The number of aliphatic hydroxyl groups is 2. The summed E-state index contributed by atoms with van der Waals surface area (Å²) in [5.74, 6) is 0. The minimum atomic E-state index is -4.22. The van der Waals surface area contributed by atoms with Crippen LogP contribution in [0.1, 0.15) is 17.5 Å². The maximum absolute atomic E-state index is 11.0. The Morgan fingerprint density at radius 3 is 2.53 bits per heavy atom. The highest BCUT2D eigenvalue weighted by molar-refractivity contribution is 7.84. The number of methoxy groups -OCH3 is 1. The van der Waals surface area contributed by atoms with Gasteiger partial charge in [0.1, 0.15) is 24.1 Å². The summed E-state index contributed by atoms with van der Waals surface area (Å²) in [5.41, 5.74) is 2.67. The third kappa shape index (κ3) is 5.36. The molecular formula is C18H23N5O6S. The molecule has 0 fully saturated rings. The molecular weight excluding hydrogens is 414 g/mol. The third-order valence-electron chi connectivity index (χ3n) is 4.60. The molecule has 2 aromatic heterocycles. The second-order valence-corrected chi connectivity index (χ2v) is 7.81. The van der Waals surface area contributed by atoms with Gasteiger partial charge in [0.2, 0.25) is 0 Å². The summed E-state index contributed by atoms with van der Waals surface area (Å²) >= 11 is 0. The number of aliphatic hydroxyl groups excluding tert-OH is 2. The number of aromatic nitrogens is 4. The first-order valence-electron chi connectivity index (χ1n) is 9.06. The van der Waals surface area contributed by atoms with Crippen molar-refractivity contribution in [2.75, 3.05) is 13.7 Å². The van der Waals surface area contributed by atoms with Crippen LogP contribution >= 0.6 is 0 Å². The standard InChI is InChI=1S/C18H23N5O6S/c1-28-14(9-29-30(19,26)27)16(24)18(25)23-11-22-15-13(20-10-21-17(15)23)8-7-12-5-3-2-4-6-12/h2-6,10-11,14,16,18,24-25H,7-9H2,1H3,(H2,19,26,27)/t14-,16-,18-/m1/s1. The molecule has 3 aromatic rings. The van der Waals surface area contributed by atoms with E-state index in [4.69, 9.17) is 9.88 Å². The predicted molar refractivity (Wildman–Crippen MR) is 106 cm³/mol. The number of imidazole rings is 1. The van der Waals surface area contributed by atoms with E-state index in [1.165, 1.54) is 24.3 Å². The molecule has 0 spiro atoms. The fourth-order valence-electron chi connectivity index (χ4n) is 3.01. The van der Waals surface area contributed by atoms with Crippen molar-refractivity contribution in [1.82, 2.24) is 19.5 Å². The van der Waals surface area contributed by atoms with Crippen LogP contribution in [0.4, 0.5) is 0 Å². The largest absolute Gasteiger partial charge is 0.386 e. The van der Waals surface area contributed by atoms with Gasteiger partial charge in [0.05, 0.1) is 18.6 Å². The molecule has 30 heavy (non-hydrogen) atoms. The molecule has 1 aromatic carbocycles. The quantitative estimate of drug-likeness (QED) is 0.386. The number of benzene rings is 1. The van der Waals surface area contributed by atoms with Crippen molar-refractivity contribution in [3.63, 3.8) is 0 Å². The molecule has 11 nitrogen and oxygen atoms in total. The molecule has 0 aliphatic carbocycles. The number of ether oxygens (including phenoxy) is 1. The Labute approximate surface area is 173 Å². The number of hydrogen-bond acceptors (Lipinski definition) is 9. The first kappa shape index (κ1) is 22.2. The summed E-state index contributed by atoms with van der Waals surface area (Å²) in [5, 5.41) is 25.8.